The number of hydrogen-bond acceptors (Lipinski definition) is 7. The van der Waals surface area contributed by atoms with Gasteiger partial charge in [0, 0.05) is 43.3 Å². The lowest BCUT2D eigenvalue weighted by Gasteiger charge is -2.52. The van der Waals surface area contributed by atoms with Crippen LogP contribution in [0.15, 0.2) is 53.3 Å². The summed E-state index contributed by atoms with van der Waals surface area (Å²) < 4.78 is 11.6. The van der Waals surface area contributed by atoms with Crippen molar-refractivity contribution in [3.05, 3.63) is 60.2 Å². The SMILES string of the molecule is CC12CC(c3ccccc3O1)C(C(N)=O)C(=O)N2CCCc1nc(-c2ccncc2)no1. The summed E-state index contributed by atoms with van der Waals surface area (Å²) in [6.07, 6.45) is 4.90. The lowest BCUT2D eigenvalue weighted by atomic mass is 9.73. The Morgan fingerprint density at radius 2 is 2.03 bits per heavy atom. The number of likely N-dealkylation sites (tertiary alicyclic amines) is 1. The molecule has 3 atom stereocenters. The van der Waals surface area contributed by atoms with Gasteiger partial charge in [-0.15, -0.1) is 0 Å². The number of fused-ring (bicyclic) bond motifs is 4. The number of rotatable bonds is 6. The van der Waals surface area contributed by atoms with Gasteiger partial charge in [-0.25, -0.2) is 0 Å². The zero-order valence-corrected chi connectivity index (χ0v) is 17.6. The van der Waals surface area contributed by atoms with E-state index in [0.29, 0.717) is 43.3 Å². The Bertz CT molecular complexity index is 1160. The van der Waals surface area contributed by atoms with Gasteiger partial charge in [0.1, 0.15) is 11.7 Å². The molecule has 9 nitrogen and oxygen atoms in total. The molecule has 32 heavy (non-hydrogen) atoms. The Morgan fingerprint density at radius 1 is 1.25 bits per heavy atom. The van der Waals surface area contributed by atoms with E-state index in [1.807, 2.05) is 31.2 Å². The van der Waals surface area contributed by atoms with Crippen LogP contribution in [-0.4, -0.2) is 44.1 Å². The van der Waals surface area contributed by atoms with Crippen LogP contribution in [0.2, 0.25) is 0 Å². The number of carbonyl (C=O) groups excluding carboxylic acids is 2. The maximum Gasteiger partial charge on any atom is 0.238 e. The summed E-state index contributed by atoms with van der Waals surface area (Å²) in [6, 6.07) is 11.1. The molecule has 9 heteroatoms. The van der Waals surface area contributed by atoms with Gasteiger partial charge in [0.25, 0.3) is 0 Å². The van der Waals surface area contributed by atoms with Crippen molar-refractivity contribution in [2.24, 2.45) is 11.7 Å². The van der Waals surface area contributed by atoms with Crippen molar-refractivity contribution in [1.82, 2.24) is 20.0 Å². The van der Waals surface area contributed by atoms with Gasteiger partial charge in [0.15, 0.2) is 5.72 Å². The Balaban J connectivity index is 1.33. The van der Waals surface area contributed by atoms with E-state index >= 15 is 0 Å². The standard InChI is InChI=1S/C23H23N5O4/c1-23-13-16(15-5-2-3-6-17(15)31-23)19(20(24)29)22(30)28(23)12-4-7-18-26-21(27-32-18)14-8-10-25-11-9-14/h2-3,5-6,8-11,16,19H,4,7,12-13H2,1H3,(H2,24,29). The van der Waals surface area contributed by atoms with Gasteiger partial charge in [0.2, 0.25) is 23.5 Å². The molecule has 0 spiro atoms. The number of nitrogens with two attached hydrogens (primary N) is 1. The average molecular weight is 433 g/mol. The number of benzene rings is 1. The summed E-state index contributed by atoms with van der Waals surface area (Å²) in [6.45, 7) is 2.26. The van der Waals surface area contributed by atoms with E-state index in [9.17, 15) is 9.59 Å². The highest BCUT2D eigenvalue weighted by atomic mass is 16.5. The average Bonchev–Trinajstić information content (AvgIpc) is 3.25. The third-order valence-corrected chi connectivity index (χ3v) is 6.24. The molecule has 3 aromatic rings. The van der Waals surface area contributed by atoms with E-state index in [0.717, 1.165) is 11.1 Å². The third-order valence-electron chi connectivity index (χ3n) is 6.24. The first-order valence-corrected chi connectivity index (χ1v) is 10.6. The fraction of sp³-hybridized carbons (Fsp3) is 0.348. The van der Waals surface area contributed by atoms with Gasteiger partial charge in [-0.05, 0) is 37.1 Å². The number of amides is 2. The van der Waals surface area contributed by atoms with E-state index in [-0.39, 0.29) is 11.8 Å². The molecule has 5 rings (SSSR count). The number of para-hydroxylation sites is 1. The van der Waals surface area contributed by atoms with Crippen molar-refractivity contribution >= 4 is 11.8 Å². The van der Waals surface area contributed by atoms with Gasteiger partial charge in [0.05, 0.1) is 0 Å². The number of hydrogen-bond donors (Lipinski definition) is 1. The minimum absolute atomic E-state index is 0.287. The molecule has 0 radical (unpaired) electrons. The smallest absolute Gasteiger partial charge is 0.238 e. The van der Waals surface area contributed by atoms with Crippen LogP contribution in [0.25, 0.3) is 11.4 Å². The number of nitrogens with zero attached hydrogens (tertiary/aromatic N) is 4. The van der Waals surface area contributed by atoms with Gasteiger partial charge < -0.3 is 19.9 Å². The van der Waals surface area contributed by atoms with E-state index in [1.54, 1.807) is 29.4 Å². The lowest BCUT2D eigenvalue weighted by molar-refractivity contribution is -0.175. The number of aryl methyl sites for hydroxylation is 1. The highest BCUT2D eigenvalue weighted by Gasteiger charge is 2.55. The number of primary amides is 1. The quantitative estimate of drug-likeness (QED) is 0.591. The Hall–Kier alpha value is -3.75. The van der Waals surface area contributed by atoms with E-state index in [2.05, 4.69) is 15.1 Å². The Kier molecular flexibility index (Phi) is 4.88. The summed E-state index contributed by atoms with van der Waals surface area (Å²) in [7, 11) is 0. The maximum absolute atomic E-state index is 13.3. The number of piperidine rings is 1. The zero-order chi connectivity index (χ0) is 22.3. The zero-order valence-electron chi connectivity index (χ0n) is 17.6. The monoisotopic (exact) mass is 433 g/mol. The predicted octanol–water partition coefficient (Wildman–Crippen LogP) is 2.29. The molecule has 2 amide bonds. The molecule has 4 heterocycles. The highest BCUT2D eigenvalue weighted by molar-refractivity contribution is 6.01. The van der Waals surface area contributed by atoms with Crippen LogP contribution >= 0.6 is 0 Å². The van der Waals surface area contributed by atoms with Crippen molar-refractivity contribution in [1.29, 1.82) is 0 Å². The summed E-state index contributed by atoms with van der Waals surface area (Å²) in [5.41, 5.74) is 6.50. The molecular formula is C23H23N5O4. The number of ether oxygens (including phenoxy) is 1. The fourth-order valence-electron chi connectivity index (χ4n) is 4.74. The summed E-state index contributed by atoms with van der Waals surface area (Å²) in [5.74, 6) is -0.442. The molecule has 164 valence electrons. The van der Waals surface area contributed by atoms with Crippen LogP contribution in [-0.2, 0) is 16.0 Å². The number of carbonyl (C=O) groups is 2. The van der Waals surface area contributed by atoms with Crippen LogP contribution in [0.1, 0.15) is 37.1 Å². The second kappa shape index (κ2) is 7.74. The number of pyridine rings is 1. The maximum atomic E-state index is 13.3. The summed E-state index contributed by atoms with van der Waals surface area (Å²) in [5, 5.41) is 4.01. The minimum atomic E-state index is -0.908. The van der Waals surface area contributed by atoms with Gasteiger partial charge >= 0.3 is 0 Å². The molecule has 1 saturated heterocycles. The Labute approximate surface area is 184 Å². The molecule has 2 bridgehead atoms. The predicted molar refractivity (Wildman–Crippen MR) is 113 cm³/mol. The van der Waals surface area contributed by atoms with Crippen molar-refractivity contribution < 1.29 is 18.8 Å². The molecule has 1 aromatic carbocycles. The minimum Gasteiger partial charge on any atom is -0.468 e. The van der Waals surface area contributed by atoms with Crippen LogP contribution in [0.4, 0.5) is 0 Å². The fourth-order valence-corrected chi connectivity index (χ4v) is 4.74. The van der Waals surface area contributed by atoms with Crippen molar-refractivity contribution in [2.75, 3.05) is 6.54 Å². The summed E-state index contributed by atoms with van der Waals surface area (Å²) >= 11 is 0. The first kappa shape index (κ1) is 20.2. The lowest BCUT2D eigenvalue weighted by Crippen LogP contribution is -2.64. The molecule has 2 N–H and O–H groups in total. The molecule has 0 saturated carbocycles. The van der Waals surface area contributed by atoms with E-state index in [1.165, 1.54) is 0 Å². The molecular weight excluding hydrogens is 410 g/mol. The van der Waals surface area contributed by atoms with Crippen LogP contribution in [0.5, 0.6) is 5.75 Å². The number of aromatic nitrogens is 3. The van der Waals surface area contributed by atoms with Crippen molar-refractivity contribution in [2.45, 2.75) is 37.8 Å². The third kappa shape index (κ3) is 3.39. The van der Waals surface area contributed by atoms with Crippen molar-refractivity contribution in [3.8, 4) is 17.1 Å². The van der Waals surface area contributed by atoms with E-state index in [4.69, 9.17) is 15.0 Å². The molecule has 3 unspecified atom stereocenters. The molecule has 1 fully saturated rings. The highest BCUT2D eigenvalue weighted by Crippen LogP contribution is 2.50. The summed E-state index contributed by atoms with van der Waals surface area (Å²) in [4.78, 5) is 35.6. The van der Waals surface area contributed by atoms with Gasteiger partial charge in [-0.2, -0.15) is 4.98 Å². The van der Waals surface area contributed by atoms with E-state index < -0.39 is 17.6 Å². The van der Waals surface area contributed by atoms with Crippen LogP contribution < -0.4 is 10.5 Å². The second-order valence-electron chi connectivity index (χ2n) is 8.35. The molecule has 2 aliphatic heterocycles. The normalized spacial score (nSPS) is 24.0. The Morgan fingerprint density at radius 3 is 2.81 bits per heavy atom. The van der Waals surface area contributed by atoms with Gasteiger partial charge in [-0.1, -0.05) is 23.4 Å². The molecule has 2 aliphatic rings. The topological polar surface area (TPSA) is 124 Å². The van der Waals surface area contributed by atoms with Crippen LogP contribution in [0.3, 0.4) is 0 Å². The first-order chi connectivity index (χ1) is 15.5. The van der Waals surface area contributed by atoms with Gasteiger partial charge in [-0.3, -0.25) is 14.6 Å². The largest absolute Gasteiger partial charge is 0.468 e. The molecule has 0 aliphatic carbocycles. The van der Waals surface area contributed by atoms with Crippen molar-refractivity contribution in [3.63, 3.8) is 0 Å². The molecule has 2 aromatic heterocycles. The first-order valence-electron chi connectivity index (χ1n) is 10.6. The van der Waals surface area contributed by atoms with Crippen LogP contribution in [0, 0.1) is 5.92 Å². The second-order valence-corrected chi connectivity index (χ2v) is 8.35.